The lowest BCUT2D eigenvalue weighted by Gasteiger charge is -2.28. The third-order valence-corrected chi connectivity index (χ3v) is 6.89. The number of hydrogen-bond donors (Lipinski definition) is 1. The maximum Gasteiger partial charge on any atom is 0.293 e. The number of nitrogens with one attached hydrogen (secondary N) is 1. The van der Waals surface area contributed by atoms with Crippen LogP contribution in [-0.4, -0.2) is 47.6 Å². The fourth-order valence-corrected chi connectivity index (χ4v) is 4.62. The van der Waals surface area contributed by atoms with Crippen LogP contribution in [0.1, 0.15) is 12.8 Å². The van der Waals surface area contributed by atoms with Gasteiger partial charge >= 0.3 is 0 Å². The molecular formula is C27H25ClFN5O3. The van der Waals surface area contributed by atoms with Gasteiger partial charge in [0, 0.05) is 41.6 Å². The zero-order valence-electron chi connectivity index (χ0n) is 20.0. The Morgan fingerprint density at radius 2 is 1.92 bits per heavy atom. The van der Waals surface area contributed by atoms with Crippen molar-refractivity contribution in [2.75, 3.05) is 43.1 Å². The molecule has 1 saturated heterocycles. The van der Waals surface area contributed by atoms with Gasteiger partial charge in [-0.25, -0.2) is 9.37 Å². The first-order valence-electron chi connectivity index (χ1n) is 12.3. The summed E-state index contributed by atoms with van der Waals surface area (Å²) in [6.45, 7) is 3.54. The first kappa shape index (κ1) is 23.7. The van der Waals surface area contributed by atoms with Crippen molar-refractivity contribution in [1.82, 2.24) is 14.7 Å². The van der Waals surface area contributed by atoms with Crippen LogP contribution in [0.4, 0.5) is 21.7 Å². The van der Waals surface area contributed by atoms with Gasteiger partial charge in [0.25, 0.3) is 5.56 Å². The third-order valence-electron chi connectivity index (χ3n) is 6.57. The van der Waals surface area contributed by atoms with Crippen LogP contribution in [0.3, 0.4) is 0 Å². The summed E-state index contributed by atoms with van der Waals surface area (Å²) in [5.74, 6) is 0.121. The number of nitrogens with zero attached hydrogens (tertiary/aromatic N) is 4. The Hall–Kier alpha value is -3.69. The molecule has 2 fully saturated rings. The summed E-state index contributed by atoms with van der Waals surface area (Å²) in [7, 11) is 0. The standard InChI is InChI=1S/C27H25ClFN5O3/c28-22-2-1-3-23(29)24(22)21-14-18-15-30-27(32-25(18)34(26(21)35)37-16-17-4-5-17)31-19-6-8-20(9-7-19)33-10-12-36-13-11-33/h1-3,6-9,14-15,17H,4-5,10-13,16H2,(H,30,31,32). The van der Waals surface area contributed by atoms with Crippen molar-refractivity contribution in [3.05, 3.63) is 75.9 Å². The van der Waals surface area contributed by atoms with E-state index in [1.165, 1.54) is 12.1 Å². The maximum atomic E-state index is 14.7. The number of benzene rings is 2. The molecule has 1 aliphatic heterocycles. The van der Waals surface area contributed by atoms with Crippen molar-refractivity contribution in [2.45, 2.75) is 12.8 Å². The molecule has 4 aromatic rings. The average molecular weight is 522 g/mol. The minimum absolute atomic E-state index is 0.0300. The fraction of sp³-hybridized carbons (Fsp3) is 0.296. The second kappa shape index (κ2) is 9.99. The number of hydrogen-bond acceptors (Lipinski definition) is 7. The molecule has 0 atom stereocenters. The quantitative estimate of drug-likeness (QED) is 0.378. The van der Waals surface area contributed by atoms with E-state index in [9.17, 15) is 9.18 Å². The van der Waals surface area contributed by atoms with Gasteiger partial charge in [0.2, 0.25) is 5.95 Å². The van der Waals surface area contributed by atoms with Crippen molar-refractivity contribution in [3.63, 3.8) is 0 Å². The van der Waals surface area contributed by atoms with Crippen molar-refractivity contribution >= 4 is 40.0 Å². The van der Waals surface area contributed by atoms with Crippen LogP contribution in [0.15, 0.2) is 59.5 Å². The first-order chi connectivity index (χ1) is 18.1. The number of halogens is 2. The predicted octanol–water partition coefficient (Wildman–Crippen LogP) is 4.67. The number of anilines is 3. The van der Waals surface area contributed by atoms with Gasteiger partial charge in [-0.15, -0.1) is 4.73 Å². The highest BCUT2D eigenvalue weighted by atomic mass is 35.5. The van der Waals surface area contributed by atoms with Crippen molar-refractivity contribution in [2.24, 2.45) is 5.92 Å². The minimum Gasteiger partial charge on any atom is -0.408 e. The van der Waals surface area contributed by atoms with Gasteiger partial charge in [0.15, 0.2) is 5.65 Å². The topological polar surface area (TPSA) is 81.5 Å². The predicted molar refractivity (Wildman–Crippen MR) is 141 cm³/mol. The van der Waals surface area contributed by atoms with Crippen LogP contribution >= 0.6 is 11.6 Å². The molecule has 2 aliphatic rings. The summed E-state index contributed by atoms with van der Waals surface area (Å²) in [5, 5.41) is 3.87. The SMILES string of the molecule is O=c1c(-c2c(F)cccc2Cl)cc2cnc(Nc3ccc(N4CCOCC4)cc3)nc2n1OCC1CC1. The zero-order valence-corrected chi connectivity index (χ0v) is 20.7. The number of morpholine rings is 1. The molecule has 6 rings (SSSR count). The smallest absolute Gasteiger partial charge is 0.293 e. The molecule has 8 nitrogen and oxygen atoms in total. The molecule has 0 bridgehead atoms. The minimum atomic E-state index is -0.586. The molecule has 10 heteroatoms. The van der Waals surface area contributed by atoms with E-state index in [-0.39, 0.29) is 16.1 Å². The lowest BCUT2D eigenvalue weighted by atomic mass is 10.1. The van der Waals surface area contributed by atoms with Crippen molar-refractivity contribution in [1.29, 1.82) is 0 Å². The Kier molecular flexibility index (Phi) is 6.40. The summed E-state index contributed by atoms with van der Waals surface area (Å²) in [4.78, 5) is 30.7. The highest BCUT2D eigenvalue weighted by Gasteiger charge is 2.24. The van der Waals surface area contributed by atoms with Crippen molar-refractivity contribution < 1.29 is 14.0 Å². The van der Waals surface area contributed by atoms with Crippen LogP contribution in [-0.2, 0) is 4.74 Å². The summed E-state index contributed by atoms with van der Waals surface area (Å²) in [6, 6.07) is 13.9. The molecule has 1 aliphatic carbocycles. The molecule has 0 radical (unpaired) electrons. The highest BCUT2D eigenvalue weighted by molar-refractivity contribution is 6.33. The average Bonchev–Trinajstić information content (AvgIpc) is 3.74. The fourth-order valence-electron chi connectivity index (χ4n) is 4.35. The number of rotatable bonds is 7. The molecule has 190 valence electrons. The number of fused-ring (bicyclic) bond motifs is 1. The van der Waals surface area contributed by atoms with Gasteiger partial charge in [-0.3, -0.25) is 4.79 Å². The number of pyridine rings is 1. The molecule has 0 unspecified atom stereocenters. The summed E-state index contributed by atoms with van der Waals surface area (Å²) >= 11 is 6.27. The van der Waals surface area contributed by atoms with Crippen molar-refractivity contribution in [3.8, 4) is 11.1 Å². The normalized spacial score (nSPS) is 15.7. The number of aromatic nitrogens is 3. The molecule has 1 N–H and O–H groups in total. The van der Waals surface area contributed by atoms with Crippen LogP contribution in [0.2, 0.25) is 5.02 Å². The maximum absolute atomic E-state index is 14.7. The van der Waals surface area contributed by atoms with E-state index in [4.69, 9.17) is 21.2 Å². The van der Waals surface area contributed by atoms with E-state index in [0.717, 1.165) is 55.3 Å². The van der Waals surface area contributed by atoms with Gasteiger partial charge in [0.05, 0.1) is 23.8 Å². The lowest BCUT2D eigenvalue weighted by molar-refractivity contribution is 0.102. The van der Waals surface area contributed by atoms with Gasteiger partial charge in [-0.2, -0.15) is 4.98 Å². The van der Waals surface area contributed by atoms with Crippen LogP contribution < -0.4 is 20.6 Å². The van der Waals surface area contributed by atoms with E-state index in [1.807, 2.05) is 24.3 Å². The molecule has 3 heterocycles. The lowest BCUT2D eigenvalue weighted by Crippen LogP contribution is -2.36. The molecule has 2 aromatic heterocycles. The molecule has 0 amide bonds. The highest BCUT2D eigenvalue weighted by Crippen LogP contribution is 2.31. The van der Waals surface area contributed by atoms with Gasteiger partial charge < -0.3 is 19.8 Å². The Morgan fingerprint density at radius 1 is 1.14 bits per heavy atom. The van der Waals surface area contributed by atoms with Crippen LogP contribution in [0, 0.1) is 11.7 Å². The number of ether oxygens (including phenoxy) is 1. The zero-order chi connectivity index (χ0) is 25.4. The molecule has 2 aromatic carbocycles. The second-order valence-electron chi connectivity index (χ2n) is 9.24. The second-order valence-corrected chi connectivity index (χ2v) is 9.64. The van der Waals surface area contributed by atoms with Gasteiger partial charge in [0.1, 0.15) is 12.4 Å². The van der Waals surface area contributed by atoms with Gasteiger partial charge in [-0.05, 0) is 61.2 Å². The molecule has 1 saturated carbocycles. The van der Waals surface area contributed by atoms with E-state index in [1.54, 1.807) is 18.3 Å². The van der Waals surface area contributed by atoms with E-state index in [2.05, 4.69) is 20.2 Å². The molecular weight excluding hydrogens is 497 g/mol. The third kappa shape index (κ3) is 4.97. The molecule has 37 heavy (non-hydrogen) atoms. The Bertz CT molecular complexity index is 1480. The first-order valence-corrected chi connectivity index (χ1v) is 12.6. The Morgan fingerprint density at radius 3 is 2.65 bits per heavy atom. The summed E-state index contributed by atoms with van der Waals surface area (Å²) in [6.07, 6.45) is 3.68. The van der Waals surface area contributed by atoms with E-state index < -0.39 is 11.4 Å². The largest absolute Gasteiger partial charge is 0.408 e. The monoisotopic (exact) mass is 521 g/mol. The Labute approximate surface area is 217 Å². The summed E-state index contributed by atoms with van der Waals surface area (Å²) < 4.78 is 21.3. The van der Waals surface area contributed by atoms with Crippen LogP contribution in [0.5, 0.6) is 0 Å². The Balaban J connectivity index is 1.35. The van der Waals surface area contributed by atoms with E-state index in [0.29, 0.717) is 29.5 Å². The van der Waals surface area contributed by atoms with Gasteiger partial charge in [-0.1, -0.05) is 17.7 Å². The van der Waals surface area contributed by atoms with Crippen LogP contribution in [0.25, 0.3) is 22.2 Å². The molecule has 0 spiro atoms. The summed E-state index contributed by atoms with van der Waals surface area (Å²) in [5.41, 5.74) is 1.81. The van der Waals surface area contributed by atoms with E-state index >= 15 is 0 Å².